The van der Waals surface area contributed by atoms with Gasteiger partial charge in [0, 0.05) is 19.6 Å². The third-order valence-electron chi connectivity index (χ3n) is 0.590. The average molecular weight is 103 g/mol. The molecule has 0 bridgehead atoms. The summed E-state index contributed by atoms with van der Waals surface area (Å²) in [5.41, 5.74) is 6.64. The molecule has 3 heteroatoms. The topological polar surface area (TPSA) is 56.1 Å². The number of hydrogen-bond donors (Lipinski definition) is 2. The molecule has 0 aliphatic heterocycles. The van der Waals surface area contributed by atoms with Crippen LogP contribution in [0, 0.1) is 0 Å². The molecule has 0 aliphatic rings. The Kier molecular flexibility index (Phi) is 5.78. The van der Waals surface area contributed by atoms with Crippen LogP contribution in [0.5, 0.6) is 0 Å². The Morgan fingerprint density at radius 3 is 2.57 bits per heavy atom. The van der Waals surface area contributed by atoms with Crippen molar-refractivity contribution in [3.8, 4) is 0 Å². The number of nitrogens with one attached hydrogen (secondary N) is 2. The Labute approximate surface area is 43.5 Å². The minimum absolute atomic E-state index is 0.167. The van der Waals surface area contributed by atoms with Crippen molar-refractivity contribution in [3.63, 3.8) is 0 Å². The van der Waals surface area contributed by atoms with E-state index < -0.39 is 0 Å². The molecule has 0 amide bonds. The van der Waals surface area contributed by atoms with Crippen LogP contribution in [0.1, 0.15) is 0 Å². The van der Waals surface area contributed by atoms with Gasteiger partial charge in [-0.15, -0.1) is 0 Å². The molecule has 0 fully saturated rings. The van der Waals surface area contributed by atoms with E-state index in [9.17, 15) is 0 Å². The maximum absolute atomic E-state index is 8.17. The quantitative estimate of drug-likeness (QED) is 0.441. The molecular weight excluding hydrogens is 92.1 g/mol. The monoisotopic (exact) mass is 103 g/mol. The minimum atomic E-state index is 0.167. The first-order valence-corrected chi connectivity index (χ1v) is 2.38. The molecule has 0 unspecified atom stereocenters. The molecule has 0 rings (SSSR count). The molecule has 0 heterocycles. The van der Waals surface area contributed by atoms with Gasteiger partial charge < -0.3 is 10.4 Å². The van der Waals surface area contributed by atoms with Crippen molar-refractivity contribution in [2.24, 2.45) is 0 Å². The summed E-state index contributed by atoms with van der Waals surface area (Å²) in [5, 5.41) is 11.0. The van der Waals surface area contributed by atoms with Crippen LogP contribution in [-0.4, -0.2) is 31.3 Å². The fourth-order valence-electron chi connectivity index (χ4n) is 0.292. The van der Waals surface area contributed by atoms with Crippen molar-refractivity contribution in [2.75, 3.05) is 26.2 Å². The summed E-state index contributed by atoms with van der Waals surface area (Å²) in [6, 6.07) is 0. The maximum Gasteiger partial charge on any atom is 0.0555 e. The average Bonchev–Trinajstić information content (AvgIpc) is 1.69. The molecule has 0 aromatic heterocycles. The molecular formula is C4H11N2O. The Balaban J connectivity index is 2.45. The predicted octanol–water partition coefficient (Wildman–Crippen LogP) is -1.15. The van der Waals surface area contributed by atoms with Crippen molar-refractivity contribution >= 4 is 0 Å². The molecule has 0 aliphatic carbocycles. The van der Waals surface area contributed by atoms with Crippen LogP contribution in [0.4, 0.5) is 0 Å². The third-order valence-corrected chi connectivity index (χ3v) is 0.590. The Morgan fingerprint density at radius 2 is 2.14 bits per heavy atom. The van der Waals surface area contributed by atoms with E-state index in [-0.39, 0.29) is 6.61 Å². The van der Waals surface area contributed by atoms with Crippen molar-refractivity contribution in [1.29, 1.82) is 0 Å². The van der Waals surface area contributed by atoms with Crippen LogP contribution in [0.2, 0.25) is 0 Å². The highest BCUT2D eigenvalue weighted by atomic mass is 16.3. The summed E-state index contributed by atoms with van der Waals surface area (Å²) in [5.74, 6) is 0. The number of hydrogen-bond acceptors (Lipinski definition) is 2. The van der Waals surface area contributed by atoms with Gasteiger partial charge in [0.1, 0.15) is 0 Å². The van der Waals surface area contributed by atoms with Crippen LogP contribution in [0.15, 0.2) is 0 Å². The van der Waals surface area contributed by atoms with E-state index in [1.165, 1.54) is 0 Å². The van der Waals surface area contributed by atoms with E-state index in [2.05, 4.69) is 5.32 Å². The highest BCUT2D eigenvalue weighted by Gasteiger charge is 1.77. The highest BCUT2D eigenvalue weighted by molar-refractivity contribution is 4.42. The van der Waals surface area contributed by atoms with Gasteiger partial charge in [-0.3, -0.25) is 5.73 Å². The Morgan fingerprint density at radius 1 is 1.43 bits per heavy atom. The van der Waals surface area contributed by atoms with Gasteiger partial charge in [-0.1, -0.05) is 0 Å². The Hall–Kier alpha value is -0.120. The van der Waals surface area contributed by atoms with E-state index in [0.29, 0.717) is 19.6 Å². The number of rotatable bonds is 4. The van der Waals surface area contributed by atoms with Gasteiger partial charge in [0.2, 0.25) is 0 Å². The van der Waals surface area contributed by atoms with Gasteiger partial charge >= 0.3 is 0 Å². The van der Waals surface area contributed by atoms with Crippen LogP contribution >= 0.6 is 0 Å². The largest absolute Gasteiger partial charge is 0.395 e. The van der Waals surface area contributed by atoms with Crippen LogP contribution in [0.3, 0.4) is 0 Å². The molecule has 7 heavy (non-hydrogen) atoms. The zero-order valence-electron chi connectivity index (χ0n) is 4.28. The summed E-state index contributed by atoms with van der Waals surface area (Å²) in [6.07, 6.45) is 0. The Bertz CT molecular complexity index is 28.9. The predicted molar refractivity (Wildman–Crippen MR) is 27.9 cm³/mol. The normalized spacial score (nSPS) is 9.43. The van der Waals surface area contributed by atoms with Gasteiger partial charge in [-0.25, -0.2) is 0 Å². The lowest BCUT2D eigenvalue weighted by atomic mass is 10.6. The number of aliphatic hydroxyl groups is 1. The molecule has 0 atom stereocenters. The molecule has 0 saturated carbocycles. The standard InChI is InChI=1S/C4H11N2O/c5-1-2-6-3-4-7/h5-7H,1-4H2. The molecule has 0 spiro atoms. The second-order valence-electron chi connectivity index (χ2n) is 1.22. The summed E-state index contributed by atoms with van der Waals surface area (Å²) >= 11 is 0. The first-order chi connectivity index (χ1) is 3.41. The van der Waals surface area contributed by atoms with E-state index in [4.69, 9.17) is 10.8 Å². The fourth-order valence-corrected chi connectivity index (χ4v) is 0.292. The van der Waals surface area contributed by atoms with E-state index in [0.717, 1.165) is 0 Å². The maximum atomic E-state index is 8.17. The third kappa shape index (κ3) is 5.88. The molecule has 0 saturated heterocycles. The SMILES string of the molecule is [NH]CCNCCO. The van der Waals surface area contributed by atoms with Gasteiger partial charge in [0.25, 0.3) is 0 Å². The van der Waals surface area contributed by atoms with E-state index in [1.807, 2.05) is 0 Å². The second kappa shape index (κ2) is 5.88. The highest BCUT2D eigenvalue weighted by Crippen LogP contribution is 1.53. The lowest BCUT2D eigenvalue weighted by Gasteiger charge is -1.94. The first-order valence-electron chi connectivity index (χ1n) is 2.38. The molecule has 0 aromatic rings. The molecule has 1 radical (unpaired) electrons. The molecule has 3 nitrogen and oxygen atoms in total. The van der Waals surface area contributed by atoms with Gasteiger partial charge in [-0.2, -0.15) is 0 Å². The zero-order valence-corrected chi connectivity index (χ0v) is 4.28. The smallest absolute Gasteiger partial charge is 0.0555 e. The lowest BCUT2D eigenvalue weighted by molar-refractivity contribution is 0.293. The van der Waals surface area contributed by atoms with Crippen molar-refractivity contribution < 1.29 is 5.11 Å². The van der Waals surface area contributed by atoms with Crippen molar-refractivity contribution in [1.82, 2.24) is 11.1 Å². The van der Waals surface area contributed by atoms with E-state index >= 15 is 0 Å². The van der Waals surface area contributed by atoms with Crippen LogP contribution in [-0.2, 0) is 0 Å². The fraction of sp³-hybridized carbons (Fsp3) is 1.00. The second-order valence-corrected chi connectivity index (χ2v) is 1.22. The number of aliphatic hydroxyl groups excluding tert-OH is 1. The van der Waals surface area contributed by atoms with Gasteiger partial charge in [0.15, 0.2) is 0 Å². The van der Waals surface area contributed by atoms with Crippen LogP contribution < -0.4 is 11.1 Å². The summed E-state index contributed by atoms with van der Waals surface area (Å²) < 4.78 is 0. The molecule has 0 aromatic carbocycles. The molecule has 43 valence electrons. The van der Waals surface area contributed by atoms with Crippen molar-refractivity contribution in [3.05, 3.63) is 0 Å². The summed E-state index contributed by atoms with van der Waals surface area (Å²) in [6.45, 7) is 1.85. The summed E-state index contributed by atoms with van der Waals surface area (Å²) in [4.78, 5) is 0. The van der Waals surface area contributed by atoms with Gasteiger partial charge in [0.05, 0.1) is 6.61 Å². The lowest BCUT2D eigenvalue weighted by Crippen LogP contribution is -2.21. The summed E-state index contributed by atoms with van der Waals surface area (Å²) in [7, 11) is 0. The van der Waals surface area contributed by atoms with Crippen LogP contribution in [0.25, 0.3) is 0 Å². The van der Waals surface area contributed by atoms with E-state index in [1.54, 1.807) is 0 Å². The van der Waals surface area contributed by atoms with Crippen molar-refractivity contribution in [2.45, 2.75) is 0 Å². The minimum Gasteiger partial charge on any atom is -0.395 e. The first kappa shape index (κ1) is 6.88. The molecule has 3 N–H and O–H groups in total. The zero-order chi connectivity index (χ0) is 5.54. The van der Waals surface area contributed by atoms with Gasteiger partial charge in [-0.05, 0) is 0 Å².